The monoisotopic (exact) mass is 427 g/mol. The smallest absolute Gasteiger partial charge is 0.277 e. The molecule has 9 nitrogen and oxygen atoms in total. The Morgan fingerprint density at radius 2 is 2.12 bits per heavy atom. The van der Waals surface area contributed by atoms with Gasteiger partial charge in [0.25, 0.3) is 5.91 Å². The van der Waals surface area contributed by atoms with Crippen LogP contribution < -0.4 is 25.8 Å². The van der Waals surface area contributed by atoms with E-state index in [0.29, 0.717) is 31.1 Å². The number of methoxy groups -OCH3 is 1. The van der Waals surface area contributed by atoms with Crippen molar-refractivity contribution in [3.05, 3.63) is 27.9 Å². The van der Waals surface area contributed by atoms with Crippen LogP contribution in [0.25, 0.3) is 0 Å². The van der Waals surface area contributed by atoms with E-state index in [1.54, 1.807) is 7.11 Å². The Morgan fingerprint density at radius 1 is 1.35 bits per heavy atom. The number of carbonyl (C=O) groups is 1. The molecule has 0 atom stereocenters. The van der Waals surface area contributed by atoms with Gasteiger partial charge in [0.05, 0.1) is 13.2 Å². The fourth-order valence-corrected chi connectivity index (χ4v) is 2.64. The fraction of sp³-hybridized carbons (Fsp3) is 0.438. The van der Waals surface area contributed by atoms with Gasteiger partial charge in [-0.1, -0.05) is 15.9 Å². The molecular formula is C16H22BrN5O4. The standard InChI is InChI=1S/C16H22BrN5O4/c1-9(2)25-14-10(11(17)4-5-12(14)24-3)8-19-6-7-20-16(23)13-15(18)22-26-21-13/h4-5,9,19H,6-8H2,1-3H3,(H2,18,22)(H,20,23). The summed E-state index contributed by atoms with van der Waals surface area (Å²) in [4.78, 5) is 11.8. The minimum Gasteiger partial charge on any atom is -0.493 e. The van der Waals surface area contributed by atoms with Crippen LogP contribution in [-0.4, -0.2) is 42.5 Å². The van der Waals surface area contributed by atoms with Crippen LogP contribution in [0.15, 0.2) is 21.2 Å². The molecule has 0 saturated heterocycles. The summed E-state index contributed by atoms with van der Waals surface area (Å²) in [5.74, 6) is 0.888. The molecule has 0 aliphatic carbocycles. The zero-order chi connectivity index (χ0) is 19.1. The van der Waals surface area contributed by atoms with Crippen molar-refractivity contribution in [3.8, 4) is 11.5 Å². The van der Waals surface area contributed by atoms with Gasteiger partial charge in [0.1, 0.15) is 0 Å². The maximum absolute atomic E-state index is 11.8. The number of hydrogen-bond acceptors (Lipinski definition) is 8. The number of nitrogens with zero attached hydrogens (tertiary/aromatic N) is 2. The van der Waals surface area contributed by atoms with E-state index in [9.17, 15) is 4.79 Å². The van der Waals surface area contributed by atoms with E-state index >= 15 is 0 Å². The van der Waals surface area contributed by atoms with Crippen LogP contribution in [-0.2, 0) is 6.54 Å². The first-order valence-corrected chi connectivity index (χ1v) is 8.82. The molecule has 0 spiro atoms. The van der Waals surface area contributed by atoms with Crippen molar-refractivity contribution < 1.29 is 18.9 Å². The second kappa shape index (κ2) is 9.39. The van der Waals surface area contributed by atoms with Crippen molar-refractivity contribution in [1.29, 1.82) is 0 Å². The second-order valence-electron chi connectivity index (χ2n) is 5.65. The van der Waals surface area contributed by atoms with E-state index in [0.717, 1.165) is 10.0 Å². The molecule has 1 heterocycles. The summed E-state index contributed by atoms with van der Waals surface area (Å²) < 4.78 is 16.6. The van der Waals surface area contributed by atoms with Crippen molar-refractivity contribution in [2.24, 2.45) is 0 Å². The van der Waals surface area contributed by atoms with E-state index in [2.05, 4.69) is 41.5 Å². The summed E-state index contributed by atoms with van der Waals surface area (Å²) in [6.45, 7) is 5.35. The highest BCUT2D eigenvalue weighted by Crippen LogP contribution is 2.36. The number of hydrogen-bond donors (Lipinski definition) is 3. The first kappa shape index (κ1) is 20.0. The van der Waals surface area contributed by atoms with Crippen LogP contribution in [0.5, 0.6) is 11.5 Å². The molecule has 0 saturated carbocycles. The molecule has 1 amide bonds. The third-order valence-corrected chi connectivity index (χ3v) is 4.10. The normalized spacial score (nSPS) is 10.8. The Kier molecular flexibility index (Phi) is 7.22. The molecule has 1 aromatic carbocycles. The van der Waals surface area contributed by atoms with Crippen LogP contribution in [0, 0.1) is 0 Å². The molecule has 0 fully saturated rings. The highest BCUT2D eigenvalue weighted by Gasteiger charge is 2.17. The quantitative estimate of drug-likeness (QED) is 0.516. The van der Waals surface area contributed by atoms with E-state index in [4.69, 9.17) is 15.2 Å². The Labute approximate surface area is 159 Å². The average Bonchev–Trinajstić information content (AvgIpc) is 3.02. The van der Waals surface area contributed by atoms with Crippen LogP contribution in [0.3, 0.4) is 0 Å². The van der Waals surface area contributed by atoms with Gasteiger partial charge in [-0.25, -0.2) is 4.63 Å². The van der Waals surface area contributed by atoms with E-state index in [1.165, 1.54) is 0 Å². The molecule has 0 bridgehead atoms. The number of carbonyl (C=O) groups excluding carboxylic acids is 1. The third-order valence-electron chi connectivity index (χ3n) is 3.36. The number of nitrogen functional groups attached to an aromatic ring is 1. The lowest BCUT2D eigenvalue weighted by atomic mass is 10.1. The molecule has 0 radical (unpaired) electrons. The molecule has 0 unspecified atom stereocenters. The SMILES string of the molecule is COc1ccc(Br)c(CNCCNC(=O)c2nonc2N)c1OC(C)C. The van der Waals surface area contributed by atoms with E-state index in [-0.39, 0.29) is 17.6 Å². The van der Waals surface area contributed by atoms with Crippen molar-refractivity contribution in [1.82, 2.24) is 20.9 Å². The minimum absolute atomic E-state index is 0.0118. The largest absolute Gasteiger partial charge is 0.493 e. The van der Waals surface area contributed by atoms with Crippen molar-refractivity contribution in [2.45, 2.75) is 26.5 Å². The van der Waals surface area contributed by atoms with Gasteiger partial charge in [0.15, 0.2) is 11.5 Å². The maximum Gasteiger partial charge on any atom is 0.277 e. The van der Waals surface area contributed by atoms with Gasteiger partial charge in [0, 0.05) is 29.7 Å². The van der Waals surface area contributed by atoms with Gasteiger partial charge < -0.3 is 25.8 Å². The van der Waals surface area contributed by atoms with Gasteiger partial charge in [-0.3, -0.25) is 4.79 Å². The van der Waals surface area contributed by atoms with Gasteiger partial charge in [0.2, 0.25) is 11.5 Å². The molecule has 4 N–H and O–H groups in total. The molecule has 2 rings (SSSR count). The Bertz CT molecular complexity index is 750. The molecular weight excluding hydrogens is 406 g/mol. The summed E-state index contributed by atoms with van der Waals surface area (Å²) in [6.07, 6.45) is 0.0118. The third kappa shape index (κ3) is 5.09. The highest BCUT2D eigenvalue weighted by molar-refractivity contribution is 9.10. The number of nitrogens with two attached hydrogens (primary N) is 1. The maximum atomic E-state index is 11.8. The molecule has 2 aromatic rings. The van der Waals surface area contributed by atoms with Crippen LogP contribution in [0.1, 0.15) is 29.9 Å². The zero-order valence-electron chi connectivity index (χ0n) is 14.8. The number of halogens is 1. The predicted molar refractivity (Wildman–Crippen MR) is 99.2 cm³/mol. The minimum atomic E-state index is -0.433. The van der Waals surface area contributed by atoms with Crippen molar-refractivity contribution in [3.63, 3.8) is 0 Å². The van der Waals surface area contributed by atoms with Crippen molar-refractivity contribution >= 4 is 27.7 Å². The lowest BCUT2D eigenvalue weighted by Crippen LogP contribution is -2.32. The van der Waals surface area contributed by atoms with Crippen LogP contribution in [0.4, 0.5) is 5.82 Å². The second-order valence-corrected chi connectivity index (χ2v) is 6.51. The summed E-state index contributed by atoms with van der Waals surface area (Å²) in [7, 11) is 1.60. The zero-order valence-corrected chi connectivity index (χ0v) is 16.4. The molecule has 0 aliphatic heterocycles. The number of benzene rings is 1. The number of rotatable bonds is 9. The molecule has 142 valence electrons. The lowest BCUT2D eigenvalue weighted by molar-refractivity contribution is 0.0944. The summed E-state index contributed by atoms with van der Waals surface area (Å²) >= 11 is 3.54. The Balaban J connectivity index is 1.91. The van der Waals surface area contributed by atoms with E-state index in [1.807, 2.05) is 26.0 Å². The van der Waals surface area contributed by atoms with Crippen molar-refractivity contribution in [2.75, 3.05) is 25.9 Å². The van der Waals surface area contributed by atoms with Crippen LogP contribution in [0.2, 0.25) is 0 Å². The Hall–Kier alpha value is -2.33. The summed E-state index contributed by atoms with van der Waals surface area (Å²) in [5, 5.41) is 12.8. The van der Waals surface area contributed by atoms with Gasteiger partial charge in [-0.2, -0.15) is 0 Å². The van der Waals surface area contributed by atoms with Gasteiger partial charge in [-0.05, 0) is 36.3 Å². The lowest BCUT2D eigenvalue weighted by Gasteiger charge is -2.19. The molecule has 0 aliphatic rings. The average molecular weight is 428 g/mol. The number of anilines is 1. The predicted octanol–water partition coefficient (Wildman–Crippen LogP) is 1.73. The highest BCUT2D eigenvalue weighted by atomic mass is 79.9. The first-order chi connectivity index (χ1) is 12.4. The number of amides is 1. The van der Waals surface area contributed by atoms with Gasteiger partial charge >= 0.3 is 0 Å². The summed E-state index contributed by atoms with van der Waals surface area (Å²) in [5.41, 5.74) is 6.39. The van der Waals surface area contributed by atoms with Crippen LogP contribution >= 0.6 is 15.9 Å². The Morgan fingerprint density at radius 3 is 2.73 bits per heavy atom. The first-order valence-electron chi connectivity index (χ1n) is 8.03. The number of ether oxygens (including phenoxy) is 2. The number of nitrogens with one attached hydrogen (secondary N) is 2. The van der Waals surface area contributed by atoms with Gasteiger partial charge in [-0.15, -0.1) is 0 Å². The summed E-state index contributed by atoms with van der Waals surface area (Å²) in [6, 6.07) is 3.76. The molecule has 26 heavy (non-hydrogen) atoms. The topological polar surface area (TPSA) is 125 Å². The fourth-order valence-electron chi connectivity index (χ4n) is 2.19. The van der Waals surface area contributed by atoms with E-state index < -0.39 is 5.91 Å². The molecule has 1 aromatic heterocycles. The molecule has 10 heteroatoms. The number of aromatic nitrogens is 2.